The van der Waals surface area contributed by atoms with Crippen molar-refractivity contribution in [3.05, 3.63) is 28.5 Å². The van der Waals surface area contributed by atoms with E-state index in [1.165, 1.54) is 12.1 Å². The fourth-order valence-electron chi connectivity index (χ4n) is 2.22. The van der Waals surface area contributed by atoms with E-state index in [-0.39, 0.29) is 24.3 Å². The molecule has 6 heteroatoms. The van der Waals surface area contributed by atoms with E-state index < -0.39 is 5.82 Å². The number of carbonyl (C=O) groups excluding carboxylic acids is 1. The van der Waals surface area contributed by atoms with Crippen LogP contribution in [-0.4, -0.2) is 36.5 Å². The number of nitrogens with two attached hydrogens (primary N) is 1. The largest absolute Gasteiger partial charge is 0.481 e. The number of hydrogen-bond donors (Lipinski definition) is 1. The molecule has 0 bridgehead atoms. The number of halogens is 2. The molecule has 1 aliphatic heterocycles. The van der Waals surface area contributed by atoms with Crippen molar-refractivity contribution >= 4 is 21.8 Å². The Balaban J connectivity index is 1.93. The van der Waals surface area contributed by atoms with E-state index in [9.17, 15) is 9.18 Å². The highest BCUT2D eigenvalue weighted by Crippen LogP contribution is 2.22. The number of likely N-dealkylation sites (tertiary alicyclic amines) is 1. The quantitative estimate of drug-likeness (QED) is 0.917. The van der Waals surface area contributed by atoms with Crippen molar-refractivity contribution in [3.8, 4) is 5.75 Å². The van der Waals surface area contributed by atoms with Gasteiger partial charge >= 0.3 is 0 Å². The van der Waals surface area contributed by atoms with Crippen LogP contribution in [0, 0.1) is 5.82 Å². The van der Waals surface area contributed by atoms with E-state index in [0.29, 0.717) is 17.6 Å². The molecule has 0 spiro atoms. The number of benzene rings is 1. The maximum Gasteiger partial charge on any atom is 0.260 e. The van der Waals surface area contributed by atoms with Gasteiger partial charge < -0.3 is 15.4 Å². The second-order valence-corrected chi connectivity index (χ2v) is 5.40. The van der Waals surface area contributed by atoms with Crippen molar-refractivity contribution in [2.45, 2.75) is 18.9 Å². The molecule has 1 fully saturated rings. The van der Waals surface area contributed by atoms with Crippen LogP contribution < -0.4 is 10.5 Å². The van der Waals surface area contributed by atoms with Gasteiger partial charge in [-0.15, -0.1) is 0 Å². The number of ether oxygens (including phenoxy) is 1. The number of hydrogen-bond acceptors (Lipinski definition) is 3. The third-order valence-corrected chi connectivity index (χ3v) is 3.71. The Hall–Kier alpha value is -1.14. The predicted molar refractivity (Wildman–Crippen MR) is 73.4 cm³/mol. The zero-order chi connectivity index (χ0) is 13.8. The molecule has 1 atom stereocenters. The molecule has 0 aromatic heterocycles. The van der Waals surface area contributed by atoms with E-state index >= 15 is 0 Å². The summed E-state index contributed by atoms with van der Waals surface area (Å²) in [6.45, 7) is 1.00. The van der Waals surface area contributed by atoms with Crippen LogP contribution in [0.1, 0.15) is 12.8 Å². The van der Waals surface area contributed by atoms with E-state index in [1.54, 1.807) is 11.0 Å². The highest BCUT2D eigenvalue weighted by molar-refractivity contribution is 9.10. The number of carbonyl (C=O) groups is 1. The summed E-state index contributed by atoms with van der Waals surface area (Å²) < 4.78 is 19.4. The molecule has 1 amide bonds. The Bertz CT molecular complexity index is 470. The molecular weight excluding hydrogens is 315 g/mol. The fourth-order valence-corrected chi connectivity index (χ4v) is 2.56. The van der Waals surface area contributed by atoms with Gasteiger partial charge in [0.25, 0.3) is 5.91 Å². The molecule has 0 radical (unpaired) electrons. The first-order valence-electron chi connectivity index (χ1n) is 6.19. The molecule has 1 heterocycles. The Labute approximate surface area is 119 Å². The molecule has 2 rings (SSSR count). The van der Waals surface area contributed by atoms with E-state index in [2.05, 4.69) is 15.9 Å². The van der Waals surface area contributed by atoms with Crippen LogP contribution in [-0.2, 0) is 4.79 Å². The average molecular weight is 331 g/mol. The average Bonchev–Trinajstić information content (AvgIpc) is 2.85. The van der Waals surface area contributed by atoms with Gasteiger partial charge in [-0.3, -0.25) is 4.79 Å². The number of rotatable bonds is 4. The number of nitrogens with zero attached hydrogens (tertiary/aromatic N) is 1. The molecule has 19 heavy (non-hydrogen) atoms. The highest BCUT2D eigenvalue weighted by Gasteiger charge is 2.27. The van der Waals surface area contributed by atoms with Crippen LogP contribution in [0.2, 0.25) is 0 Å². The summed E-state index contributed by atoms with van der Waals surface area (Å²) in [5.74, 6) is -0.547. The lowest BCUT2D eigenvalue weighted by Crippen LogP contribution is -2.42. The van der Waals surface area contributed by atoms with Gasteiger partial charge in [0.1, 0.15) is 0 Å². The van der Waals surface area contributed by atoms with Crippen LogP contribution in [0.5, 0.6) is 5.75 Å². The van der Waals surface area contributed by atoms with Gasteiger partial charge in [-0.05, 0) is 31.0 Å². The lowest BCUT2D eigenvalue weighted by molar-refractivity contribution is -0.134. The fraction of sp³-hybridized carbons (Fsp3) is 0.462. The third kappa shape index (κ3) is 3.45. The first-order chi connectivity index (χ1) is 9.11. The lowest BCUT2D eigenvalue weighted by atomic mass is 10.2. The normalized spacial score (nSPS) is 18.7. The van der Waals surface area contributed by atoms with Gasteiger partial charge in [-0.2, -0.15) is 0 Å². The molecule has 2 N–H and O–H groups in total. The molecule has 1 saturated heterocycles. The third-order valence-electron chi connectivity index (χ3n) is 3.21. The maximum atomic E-state index is 13.5. The first-order valence-corrected chi connectivity index (χ1v) is 6.98. The molecule has 4 nitrogen and oxygen atoms in total. The minimum absolute atomic E-state index is 0.0834. The summed E-state index contributed by atoms with van der Waals surface area (Å²) >= 11 is 3.16. The molecule has 1 aromatic carbocycles. The molecule has 1 unspecified atom stereocenters. The topological polar surface area (TPSA) is 55.6 Å². The SMILES string of the molecule is NCC1CCCN1C(=O)COc1ccc(Br)cc1F. The molecule has 104 valence electrons. The van der Waals surface area contributed by atoms with Gasteiger partial charge in [-0.1, -0.05) is 15.9 Å². The van der Waals surface area contributed by atoms with Gasteiger partial charge in [0, 0.05) is 23.6 Å². The van der Waals surface area contributed by atoms with Crippen molar-refractivity contribution in [1.82, 2.24) is 4.90 Å². The summed E-state index contributed by atoms with van der Waals surface area (Å²) in [4.78, 5) is 13.7. The smallest absolute Gasteiger partial charge is 0.260 e. The monoisotopic (exact) mass is 330 g/mol. The van der Waals surface area contributed by atoms with E-state index in [0.717, 1.165) is 12.8 Å². The van der Waals surface area contributed by atoms with Crippen molar-refractivity contribution in [2.24, 2.45) is 5.73 Å². The van der Waals surface area contributed by atoms with Crippen molar-refractivity contribution < 1.29 is 13.9 Å². The lowest BCUT2D eigenvalue weighted by Gasteiger charge is -2.23. The van der Waals surface area contributed by atoms with Gasteiger partial charge in [0.15, 0.2) is 18.2 Å². The zero-order valence-electron chi connectivity index (χ0n) is 10.4. The van der Waals surface area contributed by atoms with Crippen LogP contribution in [0.4, 0.5) is 4.39 Å². The van der Waals surface area contributed by atoms with Crippen LogP contribution in [0.25, 0.3) is 0 Å². The van der Waals surface area contributed by atoms with Crippen LogP contribution in [0.3, 0.4) is 0 Å². The highest BCUT2D eigenvalue weighted by atomic mass is 79.9. The molecular formula is C13H16BrFN2O2. The Kier molecular flexibility index (Phi) is 4.76. The zero-order valence-corrected chi connectivity index (χ0v) is 12.0. The summed E-state index contributed by atoms with van der Waals surface area (Å²) in [5, 5.41) is 0. The molecule has 1 aromatic rings. The standard InChI is InChI=1S/C13H16BrFN2O2/c14-9-3-4-12(11(15)6-9)19-8-13(18)17-5-1-2-10(17)7-16/h3-4,6,10H,1-2,5,7-8,16H2. The van der Waals surface area contributed by atoms with Crippen LogP contribution >= 0.6 is 15.9 Å². The van der Waals surface area contributed by atoms with Crippen molar-refractivity contribution in [2.75, 3.05) is 19.7 Å². The maximum absolute atomic E-state index is 13.5. The Morgan fingerprint density at radius 3 is 3.05 bits per heavy atom. The van der Waals surface area contributed by atoms with Crippen molar-refractivity contribution in [1.29, 1.82) is 0 Å². The second-order valence-electron chi connectivity index (χ2n) is 4.48. The minimum atomic E-state index is -0.487. The number of amides is 1. The van der Waals surface area contributed by atoms with Gasteiger partial charge in [-0.25, -0.2) is 4.39 Å². The molecule has 0 aliphatic carbocycles. The second kappa shape index (κ2) is 6.34. The Morgan fingerprint density at radius 1 is 1.58 bits per heavy atom. The van der Waals surface area contributed by atoms with Gasteiger partial charge in [0.05, 0.1) is 0 Å². The van der Waals surface area contributed by atoms with E-state index in [4.69, 9.17) is 10.5 Å². The van der Waals surface area contributed by atoms with E-state index in [1.807, 2.05) is 0 Å². The van der Waals surface area contributed by atoms with Crippen LogP contribution in [0.15, 0.2) is 22.7 Å². The molecule has 0 saturated carbocycles. The van der Waals surface area contributed by atoms with Gasteiger partial charge in [0.2, 0.25) is 0 Å². The molecule has 1 aliphatic rings. The summed E-state index contributed by atoms with van der Waals surface area (Å²) in [7, 11) is 0. The first kappa shape index (κ1) is 14.3. The predicted octanol–water partition coefficient (Wildman–Crippen LogP) is 1.92. The summed E-state index contributed by atoms with van der Waals surface area (Å²) in [6.07, 6.45) is 1.88. The Morgan fingerprint density at radius 2 is 2.37 bits per heavy atom. The summed E-state index contributed by atoms with van der Waals surface area (Å²) in [6, 6.07) is 4.56. The van der Waals surface area contributed by atoms with Crippen molar-refractivity contribution in [3.63, 3.8) is 0 Å². The summed E-state index contributed by atoms with van der Waals surface area (Å²) in [5.41, 5.74) is 5.61. The minimum Gasteiger partial charge on any atom is -0.481 e.